The number of aromatic nitrogens is 3. The summed E-state index contributed by atoms with van der Waals surface area (Å²) in [5.74, 6) is 0.920. The molecular weight excluding hydrogens is 351 g/mol. The van der Waals surface area contributed by atoms with Crippen molar-refractivity contribution in [3.63, 3.8) is 0 Å². The summed E-state index contributed by atoms with van der Waals surface area (Å²) in [6.45, 7) is 0. The first-order chi connectivity index (χ1) is 13.1. The Bertz CT molecular complexity index is 985. The van der Waals surface area contributed by atoms with Crippen LogP contribution in [0.3, 0.4) is 0 Å². The van der Waals surface area contributed by atoms with Gasteiger partial charge in [0.1, 0.15) is 5.82 Å². The third kappa shape index (κ3) is 4.49. The molecular formula is C19H17FN4O3. The Hall–Kier alpha value is -3.68. The number of hydrogen-bond acceptors (Lipinski definition) is 5. The number of carbonyl (C=O) groups excluding carboxylic acids is 1. The zero-order valence-corrected chi connectivity index (χ0v) is 14.7. The molecule has 7 nitrogen and oxygen atoms in total. The largest absolute Gasteiger partial charge is 0.493 e. The molecule has 3 aromatic rings. The van der Waals surface area contributed by atoms with Crippen LogP contribution in [0.2, 0.25) is 0 Å². The van der Waals surface area contributed by atoms with Crippen LogP contribution in [-0.4, -0.2) is 35.3 Å². The fourth-order valence-corrected chi connectivity index (χ4v) is 2.36. The number of hydrogen-bond donors (Lipinski definition) is 2. The number of benzene rings is 2. The van der Waals surface area contributed by atoms with Crippen molar-refractivity contribution in [2.75, 3.05) is 19.5 Å². The van der Waals surface area contributed by atoms with Gasteiger partial charge in [0.15, 0.2) is 17.3 Å². The van der Waals surface area contributed by atoms with Gasteiger partial charge in [0, 0.05) is 11.6 Å². The van der Waals surface area contributed by atoms with Crippen LogP contribution in [0.4, 0.5) is 10.3 Å². The predicted octanol–water partition coefficient (Wildman–Crippen LogP) is 3.28. The normalized spacial score (nSPS) is 10.8. The predicted molar refractivity (Wildman–Crippen MR) is 99.0 cm³/mol. The summed E-state index contributed by atoms with van der Waals surface area (Å²) < 4.78 is 23.6. The minimum atomic E-state index is -0.433. The highest BCUT2D eigenvalue weighted by molar-refractivity contribution is 6.00. The molecule has 1 aromatic heterocycles. The number of aromatic amines is 1. The Labute approximate surface area is 154 Å². The minimum absolute atomic E-state index is 0.119. The first-order valence-corrected chi connectivity index (χ1v) is 7.98. The van der Waals surface area contributed by atoms with E-state index >= 15 is 0 Å². The van der Waals surface area contributed by atoms with E-state index < -0.39 is 5.91 Å². The van der Waals surface area contributed by atoms with Crippen LogP contribution in [0.5, 0.6) is 11.5 Å². The van der Waals surface area contributed by atoms with Gasteiger partial charge in [0.2, 0.25) is 5.95 Å². The zero-order valence-electron chi connectivity index (χ0n) is 14.7. The van der Waals surface area contributed by atoms with Gasteiger partial charge in [0.05, 0.1) is 14.2 Å². The van der Waals surface area contributed by atoms with Crippen LogP contribution < -0.4 is 14.8 Å². The van der Waals surface area contributed by atoms with E-state index in [0.29, 0.717) is 22.9 Å². The molecule has 0 aliphatic rings. The number of rotatable bonds is 6. The summed E-state index contributed by atoms with van der Waals surface area (Å²) in [5, 5.41) is 9.26. The average molecular weight is 368 g/mol. The molecule has 8 heteroatoms. The number of nitrogens with zero attached hydrogens (tertiary/aromatic N) is 2. The molecule has 2 aromatic carbocycles. The Kier molecular flexibility index (Phi) is 5.46. The fraction of sp³-hybridized carbons (Fsp3) is 0.105. The summed E-state index contributed by atoms with van der Waals surface area (Å²) in [4.78, 5) is 16.2. The van der Waals surface area contributed by atoms with E-state index in [4.69, 9.17) is 9.47 Å². The number of ether oxygens (including phenoxy) is 2. The van der Waals surface area contributed by atoms with Crippen molar-refractivity contribution >= 4 is 17.9 Å². The van der Waals surface area contributed by atoms with E-state index in [1.807, 2.05) is 0 Å². The molecule has 0 unspecified atom stereocenters. The lowest BCUT2D eigenvalue weighted by atomic mass is 10.2. The molecule has 0 bridgehead atoms. The average Bonchev–Trinajstić information content (AvgIpc) is 3.14. The number of halogens is 1. The van der Waals surface area contributed by atoms with Crippen molar-refractivity contribution in [2.45, 2.75) is 0 Å². The van der Waals surface area contributed by atoms with E-state index in [1.165, 1.54) is 24.3 Å². The van der Waals surface area contributed by atoms with E-state index in [9.17, 15) is 9.18 Å². The molecule has 27 heavy (non-hydrogen) atoms. The van der Waals surface area contributed by atoms with Gasteiger partial charge < -0.3 is 9.47 Å². The van der Waals surface area contributed by atoms with Gasteiger partial charge in [-0.25, -0.2) is 4.39 Å². The van der Waals surface area contributed by atoms with Crippen molar-refractivity contribution in [3.05, 3.63) is 59.9 Å². The SMILES string of the molecule is COc1ccc(-c2nc(NC(=O)/C=C/c3cccc(F)c3)n[nH]2)cc1OC. The summed E-state index contributed by atoms with van der Waals surface area (Å²) >= 11 is 0. The van der Waals surface area contributed by atoms with E-state index in [1.54, 1.807) is 44.6 Å². The maximum absolute atomic E-state index is 13.1. The molecule has 0 aliphatic heterocycles. The van der Waals surface area contributed by atoms with Gasteiger partial charge in [-0.2, -0.15) is 4.98 Å². The first kappa shape index (κ1) is 18.1. The summed E-state index contributed by atoms with van der Waals surface area (Å²) in [5.41, 5.74) is 1.29. The number of anilines is 1. The highest BCUT2D eigenvalue weighted by Crippen LogP contribution is 2.31. The van der Waals surface area contributed by atoms with Gasteiger partial charge in [0.25, 0.3) is 5.91 Å². The van der Waals surface area contributed by atoms with E-state index in [0.717, 1.165) is 5.56 Å². The standard InChI is InChI=1S/C19H17FN4O3/c1-26-15-8-7-13(11-16(15)27-2)18-22-19(24-23-18)21-17(25)9-6-12-4-3-5-14(20)10-12/h3-11H,1-2H3,(H2,21,22,23,24,25)/b9-6+. The van der Waals surface area contributed by atoms with Gasteiger partial charge in [-0.05, 0) is 42.0 Å². The Balaban J connectivity index is 1.70. The minimum Gasteiger partial charge on any atom is -0.493 e. The van der Waals surface area contributed by atoms with Crippen molar-refractivity contribution in [2.24, 2.45) is 0 Å². The molecule has 0 saturated carbocycles. The maximum Gasteiger partial charge on any atom is 0.250 e. The lowest BCUT2D eigenvalue weighted by Crippen LogP contribution is -2.09. The molecule has 2 N–H and O–H groups in total. The third-order valence-corrected chi connectivity index (χ3v) is 3.65. The zero-order chi connectivity index (χ0) is 19.2. The number of methoxy groups -OCH3 is 2. The molecule has 0 fully saturated rings. The molecule has 0 atom stereocenters. The van der Waals surface area contributed by atoms with Gasteiger partial charge in [-0.3, -0.25) is 15.2 Å². The van der Waals surface area contributed by atoms with Crippen molar-refractivity contribution in [3.8, 4) is 22.9 Å². The quantitative estimate of drug-likeness (QED) is 0.652. The molecule has 0 aliphatic carbocycles. The molecule has 0 saturated heterocycles. The highest BCUT2D eigenvalue weighted by Gasteiger charge is 2.11. The maximum atomic E-state index is 13.1. The van der Waals surface area contributed by atoms with Crippen molar-refractivity contribution < 1.29 is 18.7 Å². The number of amides is 1. The van der Waals surface area contributed by atoms with Gasteiger partial charge in [-0.1, -0.05) is 12.1 Å². The van der Waals surface area contributed by atoms with Crippen LogP contribution >= 0.6 is 0 Å². The van der Waals surface area contributed by atoms with Crippen LogP contribution in [-0.2, 0) is 4.79 Å². The molecule has 1 heterocycles. The monoisotopic (exact) mass is 368 g/mol. The van der Waals surface area contributed by atoms with E-state index in [2.05, 4.69) is 20.5 Å². The van der Waals surface area contributed by atoms with Crippen molar-refractivity contribution in [1.82, 2.24) is 15.2 Å². The molecule has 3 rings (SSSR count). The highest BCUT2D eigenvalue weighted by atomic mass is 19.1. The number of H-pyrrole nitrogens is 1. The van der Waals surface area contributed by atoms with Crippen molar-refractivity contribution in [1.29, 1.82) is 0 Å². The Morgan fingerprint density at radius 1 is 1.15 bits per heavy atom. The number of carbonyl (C=O) groups is 1. The second kappa shape index (κ2) is 8.13. The van der Waals surface area contributed by atoms with Crippen LogP contribution in [0, 0.1) is 5.82 Å². The lowest BCUT2D eigenvalue weighted by Gasteiger charge is -2.07. The van der Waals surface area contributed by atoms with Crippen LogP contribution in [0.25, 0.3) is 17.5 Å². The molecule has 0 radical (unpaired) electrons. The summed E-state index contributed by atoms with van der Waals surface area (Å²) in [6.07, 6.45) is 2.78. The summed E-state index contributed by atoms with van der Waals surface area (Å²) in [7, 11) is 3.09. The van der Waals surface area contributed by atoms with Gasteiger partial charge >= 0.3 is 0 Å². The van der Waals surface area contributed by atoms with Crippen LogP contribution in [0.1, 0.15) is 5.56 Å². The lowest BCUT2D eigenvalue weighted by molar-refractivity contribution is -0.111. The Morgan fingerprint density at radius 3 is 2.70 bits per heavy atom. The smallest absolute Gasteiger partial charge is 0.250 e. The third-order valence-electron chi connectivity index (χ3n) is 3.65. The topological polar surface area (TPSA) is 89.1 Å². The molecule has 1 amide bonds. The Morgan fingerprint density at radius 2 is 1.96 bits per heavy atom. The van der Waals surface area contributed by atoms with E-state index in [-0.39, 0.29) is 11.8 Å². The summed E-state index contributed by atoms with van der Waals surface area (Å²) in [6, 6.07) is 11.2. The fourth-order valence-electron chi connectivity index (χ4n) is 2.36. The molecule has 0 spiro atoms. The van der Waals surface area contributed by atoms with Gasteiger partial charge in [-0.15, -0.1) is 5.10 Å². The van der Waals surface area contributed by atoms with Crippen LogP contribution in [0.15, 0.2) is 48.5 Å². The second-order valence-corrected chi connectivity index (χ2v) is 5.45. The second-order valence-electron chi connectivity index (χ2n) is 5.45. The first-order valence-electron chi connectivity index (χ1n) is 7.98. The number of nitrogens with one attached hydrogen (secondary N) is 2. The molecule has 138 valence electrons.